The van der Waals surface area contributed by atoms with E-state index < -0.39 is 0 Å². The lowest BCUT2D eigenvalue weighted by Crippen LogP contribution is -2.14. The molecule has 3 aromatic rings. The maximum atomic E-state index is 6.01. The van der Waals surface area contributed by atoms with Gasteiger partial charge in [-0.05, 0) is 30.3 Å². The molecule has 3 rings (SSSR count). The number of pyridine rings is 1. The molecule has 0 aliphatic carbocycles. The SMILES string of the molecule is N/C(=N/OCCCOc1ccccc1)c1cccc(OCc2cccnc2)c1. The minimum Gasteiger partial charge on any atom is -0.493 e. The van der Waals surface area contributed by atoms with Crippen LogP contribution in [0.3, 0.4) is 0 Å². The molecule has 0 radical (unpaired) electrons. The molecule has 0 fully saturated rings. The standard InChI is InChI=1S/C22H23N3O3/c23-22(25-28-14-6-13-26-20-9-2-1-3-10-20)19-8-4-11-21(15-19)27-17-18-7-5-12-24-16-18/h1-5,7-12,15-16H,6,13-14,17H2,(H2,23,25). The van der Waals surface area contributed by atoms with Crippen LogP contribution in [0.2, 0.25) is 0 Å². The van der Waals surface area contributed by atoms with Crippen molar-refractivity contribution in [3.63, 3.8) is 0 Å². The normalized spacial score (nSPS) is 11.1. The Morgan fingerprint density at radius 2 is 1.75 bits per heavy atom. The van der Waals surface area contributed by atoms with Crippen molar-refractivity contribution in [3.8, 4) is 11.5 Å². The fourth-order valence-corrected chi connectivity index (χ4v) is 2.39. The second-order valence-corrected chi connectivity index (χ2v) is 6.00. The first-order valence-corrected chi connectivity index (χ1v) is 9.07. The molecule has 144 valence electrons. The smallest absolute Gasteiger partial charge is 0.170 e. The summed E-state index contributed by atoms with van der Waals surface area (Å²) in [5, 5.41) is 3.97. The lowest BCUT2D eigenvalue weighted by atomic mass is 10.2. The van der Waals surface area contributed by atoms with Crippen molar-refractivity contribution in [1.82, 2.24) is 4.98 Å². The van der Waals surface area contributed by atoms with Crippen LogP contribution >= 0.6 is 0 Å². The van der Waals surface area contributed by atoms with E-state index in [0.29, 0.717) is 37.8 Å². The molecule has 0 saturated carbocycles. The molecule has 0 spiro atoms. The number of benzene rings is 2. The van der Waals surface area contributed by atoms with E-state index in [-0.39, 0.29) is 0 Å². The van der Waals surface area contributed by atoms with Gasteiger partial charge in [-0.15, -0.1) is 0 Å². The summed E-state index contributed by atoms with van der Waals surface area (Å²) in [4.78, 5) is 9.36. The molecule has 0 unspecified atom stereocenters. The molecule has 0 saturated heterocycles. The quantitative estimate of drug-likeness (QED) is 0.252. The van der Waals surface area contributed by atoms with Gasteiger partial charge in [0, 0.05) is 29.9 Å². The first kappa shape index (κ1) is 19.2. The van der Waals surface area contributed by atoms with Crippen molar-refractivity contribution in [2.75, 3.05) is 13.2 Å². The van der Waals surface area contributed by atoms with Crippen molar-refractivity contribution in [3.05, 3.63) is 90.3 Å². The van der Waals surface area contributed by atoms with Crippen molar-refractivity contribution in [1.29, 1.82) is 0 Å². The molecule has 6 heteroatoms. The summed E-state index contributed by atoms with van der Waals surface area (Å²) in [7, 11) is 0. The fraction of sp³-hybridized carbons (Fsp3) is 0.182. The third-order valence-electron chi connectivity index (χ3n) is 3.81. The zero-order valence-electron chi connectivity index (χ0n) is 15.5. The largest absolute Gasteiger partial charge is 0.493 e. The van der Waals surface area contributed by atoms with Gasteiger partial charge in [0.15, 0.2) is 5.84 Å². The average Bonchev–Trinajstić information content (AvgIpc) is 2.76. The molecule has 2 N–H and O–H groups in total. The summed E-state index contributed by atoms with van der Waals surface area (Å²) in [6.07, 6.45) is 4.21. The maximum Gasteiger partial charge on any atom is 0.170 e. The number of rotatable bonds is 10. The molecule has 0 amide bonds. The van der Waals surface area contributed by atoms with Gasteiger partial charge in [0.25, 0.3) is 0 Å². The molecule has 0 bridgehead atoms. The van der Waals surface area contributed by atoms with E-state index in [1.165, 1.54) is 0 Å². The zero-order valence-corrected chi connectivity index (χ0v) is 15.5. The van der Waals surface area contributed by atoms with Crippen LogP contribution in [0.1, 0.15) is 17.5 Å². The van der Waals surface area contributed by atoms with Gasteiger partial charge in [-0.3, -0.25) is 4.98 Å². The van der Waals surface area contributed by atoms with Gasteiger partial charge >= 0.3 is 0 Å². The second-order valence-electron chi connectivity index (χ2n) is 6.00. The van der Waals surface area contributed by atoms with Crippen LogP contribution in [-0.4, -0.2) is 24.0 Å². The molecule has 2 aromatic carbocycles. The highest BCUT2D eigenvalue weighted by Crippen LogP contribution is 2.15. The number of amidine groups is 1. The highest BCUT2D eigenvalue weighted by atomic mass is 16.6. The first-order chi connectivity index (χ1) is 13.8. The molecule has 0 aliphatic heterocycles. The minimum atomic E-state index is 0.302. The average molecular weight is 377 g/mol. The van der Waals surface area contributed by atoms with Crippen molar-refractivity contribution in [2.45, 2.75) is 13.0 Å². The monoisotopic (exact) mass is 377 g/mol. The highest BCUT2D eigenvalue weighted by Gasteiger charge is 2.03. The van der Waals surface area contributed by atoms with Gasteiger partial charge in [-0.1, -0.05) is 41.6 Å². The Labute approximate surface area is 164 Å². The lowest BCUT2D eigenvalue weighted by Gasteiger charge is -2.08. The van der Waals surface area contributed by atoms with Crippen LogP contribution in [0, 0.1) is 0 Å². The van der Waals surface area contributed by atoms with Crippen LogP contribution in [0.5, 0.6) is 11.5 Å². The van der Waals surface area contributed by atoms with Gasteiger partial charge in [-0.25, -0.2) is 0 Å². The molecular formula is C22H23N3O3. The van der Waals surface area contributed by atoms with E-state index in [2.05, 4.69) is 10.1 Å². The van der Waals surface area contributed by atoms with Gasteiger partial charge in [0.1, 0.15) is 24.7 Å². The summed E-state index contributed by atoms with van der Waals surface area (Å²) in [5.74, 6) is 1.85. The fourth-order valence-electron chi connectivity index (χ4n) is 2.39. The number of aromatic nitrogens is 1. The third-order valence-corrected chi connectivity index (χ3v) is 3.81. The zero-order chi connectivity index (χ0) is 19.4. The highest BCUT2D eigenvalue weighted by molar-refractivity contribution is 5.97. The first-order valence-electron chi connectivity index (χ1n) is 9.07. The summed E-state index contributed by atoms with van der Waals surface area (Å²) in [5.41, 5.74) is 7.74. The third kappa shape index (κ3) is 6.32. The van der Waals surface area contributed by atoms with E-state index in [4.69, 9.17) is 20.0 Å². The Morgan fingerprint density at radius 1 is 0.893 bits per heavy atom. The number of nitrogens with zero attached hydrogens (tertiary/aromatic N) is 2. The Balaban J connectivity index is 1.42. The van der Waals surface area contributed by atoms with Crippen LogP contribution in [0.4, 0.5) is 0 Å². The lowest BCUT2D eigenvalue weighted by molar-refractivity contribution is 0.127. The van der Waals surface area contributed by atoms with E-state index in [1.54, 1.807) is 12.4 Å². The van der Waals surface area contributed by atoms with E-state index in [0.717, 1.165) is 16.9 Å². The minimum absolute atomic E-state index is 0.302. The van der Waals surface area contributed by atoms with Crippen LogP contribution in [-0.2, 0) is 11.4 Å². The summed E-state index contributed by atoms with van der Waals surface area (Å²) in [6.45, 7) is 1.41. The Bertz CT molecular complexity index is 870. The topological polar surface area (TPSA) is 79.0 Å². The van der Waals surface area contributed by atoms with Crippen LogP contribution in [0.25, 0.3) is 0 Å². The predicted octanol–water partition coefficient (Wildman–Crippen LogP) is 3.77. The Hall–Kier alpha value is -3.54. The second kappa shape index (κ2) is 10.6. The van der Waals surface area contributed by atoms with Gasteiger partial charge in [0.2, 0.25) is 0 Å². The number of nitrogens with two attached hydrogens (primary N) is 1. The number of ether oxygens (including phenoxy) is 2. The van der Waals surface area contributed by atoms with Crippen molar-refractivity contribution in [2.24, 2.45) is 10.9 Å². The van der Waals surface area contributed by atoms with Crippen LogP contribution in [0.15, 0.2) is 84.3 Å². The van der Waals surface area contributed by atoms with E-state index in [9.17, 15) is 0 Å². The number of hydrogen-bond acceptors (Lipinski definition) is 5. The summed E-state index contributed by atoms with van der Waals surface area (Å²) in [6, 6.07) is 20.9. The Kier molecular flexibility index (Phi) is 7.26. The van der Waals surface area contributed by atoms with Gasteiger partial charge in [-0.2, -0.15) is 0 Å². The van der Waals surface area contributed by atoms with Crippen molar-refractivity contribution >= 4 is 5.84 Å². The molecule has 1 heterocycles. The summed E-state index contributed by atoms with van der Waals surface area (Å²) >= 11 is 0. The number of hydrogen-bond donors (Lipinski definition) is 1. The number of para-hydroxylation sites is 1. The van der Waals surface area contributed by atoms with E-state index >= 15 is 0 Å². The number of oxime groups is 1. The predicted molar refractivity (Wildman–Crippen MR) is 108 cm³/mol. The molecular weight excluding hydrogens is 354 g/mol. The van der Waals surface area contributed by atoms with Crippen LogP contribution < -0.4 is 15.2 Å². The molecule has 0 atom stereocenters. The molecule has 1 aromatic heterocycles. The Morgan fingerprint density at radius 3 is 2.57 bits per heavy atom. The molecule has 28 heavy (non-hydrogen) atoms. The van der Waals surface area contributed by atoms with E-state index in [1.807, 2.05) is 66.7 Å². The molecule has 0 aliphatic rings. The summed E-state index contributed by atoms with van der Waals surface area (Å²) < 4.78 is 11.4. The maximum absolute atomic E-state index is 6.01. The van der Waals surface area contributed by atoms with Gasteiger partial charge < -0.3 is 20.0 Å². The van der Waals surface area contributed by atoms with Gasteiger partial charge in [0.05, 0.1) is 6.61 Å². The van der Waals surface area contributed by atoms with Crippen molar-refractivity contribution < 1.29 is 14.3 Å². The molecule has 6 nitrogen and oxygen atoms in total.